The van der Waals surface area contributed by atoms with Gasteiger partial charge in [0.25, 0.3) is 0 Å². The van der Waals surface area contributed by atoms with E-state index in [9.17, 15) is 0 Å². The molecule has 7 heterocycles. The first kappa shape index (κ1) is 73.5. The summed E-state index contributed by atoms with van der Waals surface area (Å²) in [6.45, 7) is 0. The van der Waals surface area contributed by atoms with Gasteiger partial charge in [-0.1, -0.05) is 370 Å². The predicted octanol–water partition coefficient (Wildman–Crippen LogP) is 30.3. The van der Waals surface area contributed by atoms with Crippen molar-refractivity contribution < 1.29 is 8.83 Å². The number of benzene rings is 17. The Morgan fingerprint density at radius 1 is 0.160 bits per heavy atom. The highest BCUT2D eigenvalue weighted by Gasteiger charge is 2.24. The zero-order valence-corrected chi connectivity index (χ0v) is 68.0. The van der Waals surface area contributed by atoms with Crippen LogP contribution >= 0.6 is 11.3 Å². The van der Waals surface area contributed by atoms with E-state index in [2.05, 4.69) is 322 Å². The Hall–Kier alpha value is -16.6. The molecule has 0 aliphatic heterocycles. The Kier molecular flexibility index (Phi) is 18.5. The fourth-order valence-electron chi connectivity index (χ4n) is 17.2. The van der Waals surface area contributed by atoms with Crippen molar-refractivity contribution in [2.75, 3.05) is 0 Å². The van der Waals surface area contributed by atoms with Crippen molar-refractivity contribution in [2.24, 2.45) is 0 Å². The highest BCUT2D eigenvalue weighted by molar-refractivity contribution is 7.25. The molecule has 11 heteroatoms. The van der Waals surface area contributed by atoms with Gasteiger partial charge in [0, 0.05) is 97.0 Å². The van der Waals surface area contributed by atoms with E-state index >= 15 is 0 Å². The topological polar surface area (TPSA) is 129 Å². The van der Waals surface area contributed by atoms with Crippen LogP contribution in [0.4, 0.5) is 0 Å². The largest absolute Gasteiger partial charge is 0.454 e. The molecule has 0 unspecified atom stereocenters. The van der Waals surface area contributed by atoms with Gasteiger partial charge in [-0.3, -0.25) is 0 Å². The maximum atomic E-state index is 6.67. The quantitative estimate of drug-likeness (QED) is 0.104. The van der Waals surface area contributed by atoms with Gasteiger partial charge >= 0.3 is 0 Å². The van der Waals surface area contributed by atoms with E-state index in [1.807, 2.05) is 114 Å². The molecule has 0 spiro atoms. The van der Waals surface area contributed by atoms with Crippen LogP contribution < -0.4 is 0 Å². The summed E-state index contributed by atoms with van der Waals surface area (Å²) in [6.07, 6.45) is 0. The van der Waals surface area contributed by atoms with E-state index in [-0.39, 0.29) is 0 Å². The number of nitrogens with zero attached hydrogens (tertiary/aromatic N) is 8. The van der Waals surface area contributed by atoms with Gasteiger partial charge < -0.3 is 8.83 Å². The van der Waals surface area contributed by atoms with Gasteiger partial charge in [0.15, 0.2) is 46.1 Å². The highest BCUT2D eigenvalue weighted by Crippen LogP contribution is 2.46. The molecule has 0 N–H and O–H groups in total. The summed E-state index contributed by atoms with van der Waals surface area (Å²) >= 11 is 1.84. The molecule has 0 amide bonds. The average molecular weight is 1620 g/mol. The smallest absolute Gasteiger partial charge is 0.164 e. The fraction of sp³-hybridized carbons (Fsp3) is 0. The lowest BCUT2D eigenvalue weighted by molar-refractivity contribution is 0.668. The van der Waals surface area contributed by atoms with Gasteiger partial charge in [0.05, 0.1) is 11.0 Å². The normalized spacial score (nSPS) is 11.5. The Balaban J connectivity index is 0.000000144. The van der Waals surface area contributed by atoms with Crippen molar-refractivity contribution in [3.8, 4) is 158 Å². The Labute approximate surface area is 723 Å². The van der Waals surface area contributed by atoms with Crippen LogP contribution in [0.3, 0.4) is 0 Å². The van der Waals surface area contributed by atoms with Gasteiger partial charge in [-0.2, -0.15) is 0 Å². The molecule has 584 valence electrons. The van der Waals surface area contributed by atoms with Crippen molar-refractivity contribution in [1.82, 2.24) is 39.9 Å². The summed E-state index contributed by atoms with van der Waals surface area (Å²) < 4.78 is 15.9. The zero-order chi connectivity index (χ0) is 82.7. The number of para-hydroxylation sites is 2. The molecule has 0 radical (unpaired) electrons. The van der Waals surface area contributed by atoms with Crippen LogP contribution in [0.25, 0.3) is 243 Å². The van der Waals surface area contributed by atoms with Crippen LogP contribution in [0.2, 0.25) is 0 Å². The molecule has 0 saturated heterocycles. The molecule has 0 aliphatic rings. The second-order valence-electron chi connectivity index (χ2n) is 31.2. The van der Waals surface area contributed by atoms with E-state index in [0.29, 0.717) is 34.9 Å². The van der Waals surface area contributed by atoms with Gasteiger partial charge in [-0.15, -0.1) is 11.3 Å². The number of hydrogen-bond acceptors (Lipinski definition) is 11. The molecule has 17 aromatic carbocycles. The number of rotatable bonds is 14. The van der Waals surface area contributed by atoms with E-state index < -0.39 is 0 Å². The molecule has 0 bridgehead atoms. The minimum absolute atomic E-state index is 0.604. The number of hydrogen-bond donors (Lipinski definition) is 0. The predicted molar refractivity (Wildman–Crippen MR) is 514 cm³/mol. The van der Waals surface area contributed by atoms with Gasteiger partial charge in [-0.25, -0.2) is 39.9 Å². The molecule has 7 aromatic heterocycles. The maximum Gasteiger partial charge on any atom is 0.164 e. The second kappa shape index (κ2) is 31.5. The first-order chi connectivity index (χ1) is 61.9. The van der Waals surface area contributed by atoms with E-state index in [4.69, 9.17) is 48.7 Å². The van der Waals surface area contributed by atoms with Crippen LogP contribution in [0.1, 0.15) is 0 Å². The maximum absolute atomic E-state index is 6.67. The fourth-order valence-corrected chi connectivity index (χ4v) is 18.3. The number of pyridine rings is 2. The molecule has 125 heavy (non-hydrogen) atoms. The summed E-state index contributed by atoms with van der Waals surface area (Å²) in [7, 11) is 0. The molecule has 0 aliphatic carbocycles. The Bertz CT molecular complexity index is 8090. The standard InChI is InChI=1S/C60H38N4O.C54H32N4OS/c1-4-13-39(14-5-1)42-23-29-45(30-24-42)58-62-59(46-31-25-43(26-32-46)40-15-6-2-7-16-40)64-60(63-58)47-33-27-44(28-34-47)48-19-12-20-50(37-48)56-57-55(52-21-10-11-22-54(52)65-57)51-36-35-49(38-53(51)61-56)41-17-8-3-9-18-41;1-3-13-33(14-4-1)52-56-53(34-15-5-2-6-16-34)58-54(57-52)40-20-12-18-36(30-40)35-17-11-19-39(29-35)50-51-49(44-22-7-9-23-46(44)59-51)43-28-26-37(31-45(43)55-50)38-25-27-42-41-21-8-10-24-47(41)60-48(42)32-38/h1-38H;1-32H. The Morgan fingerprint density at radius 2 is 0.416 bits per heavy atom. The third-order valence-electron chi connectivity index (χ3n) is 23.5. The lowest BCUT2D eigenvalue weighted by atomic mass is 9.97. The molecule has 0 fully saturated rings. The summed E-state index contributed by atoms with van der Waals surface area (Å²) in [4.78, 5) is 40.8. The van der Waals surface area contributed by atoms with E-state index in [1.54, 1.807) is 0 Å². The first-order valence-electron chi connectivity index (χ1n) is 41.7. The van der Waals surface area contributed by atoms with Crippen LogP contribution in [0.15, 0.2) is 433 Å². The summed E-state index contributed by atoms with van der Waals surface area (Å²) in [5.74, 6) is 3.71. The molecule has 24 aromatic rings. The minimum atomic E-state index is 0.604. The van der Waals surface area contributed by atoms with E-state index in [1.165, 1.54) is 25.7 Å². The van der Waals surface area contributed by atoms with Crippen LogP contribution in [0.5, 0.6) is 0 Å². The summed E-state index contributed by atoms with van der Waals surface area (Å²) in [5, 5.41) is 9.03. The minimum Gasteiger partial charge on any atom is -0.454 e. The molecule has 10 nitrogen and oxygen atoms in total. The zero-order valence-electron chi connectivity index (χ0n) is 67.2. The number of furan rings is 2. The van der Waals surface area contributed by atoms with Crippen molar-refractivity contribution in [1.29, 1.82) is 0 Å². The Morgan fingerprint density at radius 3 is 0.848 bits per heavy atom. The van der Waals surface area contributed by atoms with Gasteiger partial charge in [0.2, 0.25) is 0 Å². The lowest BCUT2D eigenvalue weighted by Gasteiger charge is -2.11. The van der Waals surface area contributed by atoms with E-state index in [0.717, 1.165) is 183 Å². The average Bonchev–Trinajstić information content (AvgIpc) is 1.60. The summed E-state index contributed by atoms with van der Waals surface area (Å²) in [6, 6.07) is 147. The molecule has 0 saturated carbocycles. The van der Waals surface area contributed by atoms with Crippen LogP contribution in [0, 0.1) is 0 Å². The van der Waals surface area contributed by atoms with Crippen molar-refractivity contribution >= 4 is 97.2 Å². The summed E-state index contributed by atoms with van der Waals surface area (Å²) in [5.41, 5.74) is 27.5. The molecular weight excluding hydrogens is 1550 g/mol. The highest BCUT2D eigenvalue weighted by atomic mass is 32.1. The van der Waals surface area contributed by atoms with Crippen molar-refractivity contribution in [2.45, 2.75) is 0 Å². The second-order valence-corrected chi connectivity index (χ2v) is 32.3. The number of fused-ring (bicyclic) bond motifs is 13. The van der Waals surface area contributed by atoms with Crippen molar-refractivity contribution in [3.63, 3.8) is 0 Å². The first-order valence-corrected chi connectivity index (χ1v) is 42.5. The van der Waals surface area contributed by atoms with Crippen LogP contribution in [-0.4, -0.2) is 39.9 Å². The molecular formula is C114H70N8O2S. The third-order valence-corrected chi connectivity index (χ3v) is 24.6. The third kappa shape index (κ3) is 14.1. The molecule has 0 atom stereocenters. The lowest BCUT2D eigenvalue weighted by Crippen LogP contribution is -2.00. The number of aromatic nitrogens is 8. The monoisotopic (exact) mass is 1610 g/mol. The van der Waals surface area contributed by atoms with Crippen LogP contribution in [-0.2, 0) is 0 Å². The number of thiophene rings is 1. The van der Waals surface area contributed by atoms with Gasteiger partial charge in [-0.05, 0) is 121 Å². The molecule has 24 rings (SSSR count). The SMILES string of the molecule is c1ccc(-c2ccc(-c3nc(-c4ccc(-c5ccccc5)cc4)nc(-c4ccc(-c5cccc(-c6nc7cc(-c8ccccc8)ccc7c7c6oc6ccccc67)c5)cc4)n3)cc2)cc1.c1ccc(-c2nc(-c3ccccc3)nc(-c3cccc(-c4cccc(-c5nc6cc(-c7ccc8c(c7)sc7ccccc78)ccc6c6c5oc5ccccc56)c4)c3)n2)cc1. The van der Waals surface area contributed by atoms with Gasteiger partial charge in [0.1, 0.15) is 22.6 Å². The van der Waals surface area contributed by atoms with Crippen molar-refractivity contribution in [3.05, 3.63) is 425 Å².